The van der Waals surface area contributed by atoms with Crippen LogP contribution in [0.5, 0.6) is 11.5 Å². The number of nitrogens with one attached hydrogen (secondary N) is 2. The van der Waals surface area contributed by atoms with E-state index in [0.717, 1.165) is 65.6 Å². The topological polar surface area (TPSA) is 93.5 Å². The van der Waals surface area contributed by atoms with Gasteiger partial charge in [-0.1, -0.05) is 15.9 Å². The number of imidazole rings is 1. The van der Waals surface area contributed by atoms with Gasteiger partial charge in [-0.05, 0) is 48.9 Å². The van der Waals surface area contributed by atoms with Crippen LogP contribution < -0.4 is 15.4 Å². The van der Waals surface area contributed by atoms with E-state index in [2.05, 4.69) is 42.5 Å². The number of benzene rings is 2. The van der Waals surface area contributed by atoms with Gasteiger partial charge in [0.25, 0.3) is 5.91 Å². The van der Waals surface area contributed by atoms with E-state index in [9.17, 15) is 4.79 Å². The third kappa shape index (κ3) is 6.10. The lowest BCUT2D eigenvalue weighted by Crippen LogP contribution is -2.41. The minimum Gasteiger partial charge on any atom is -0.457 e. The summed E-state index contributed by atoms with van der Waals surface area (Å²) in [6, 6.07) is 15.2. The molecule has 3 heterocycles. The molecule has 0 atom stereocenters. The van der Waals surface area contributed by atoms with Crippen molar-refractivity contribution in [1.82, 2.24) is 24.8 Å². The summed E-state index contributed by atoms with van der Waals surface area (Å²) in [6.45, 7) is 6.64. The molecule has 0 spiro atoms. The van der Waals surface area contributed by atoms with Crippen molar-refractivity contribution in [2.24, 2.45) is 7.05 Å². The predicted octanol–water partition coefficient (Wildman–Crippen LogP) is 4.64. The van der Waals surface area contributed by atoms with Crippen molar-refractivity contribution in [3.05, 3.63) is 70.5 Å². The number of hydrogen-bond donors (Lipinski definition) is 2. The summed E-state index contributed by atoms with van der Waals surface area (Å²) in [5.41, 5.74) is 4.19. The zero-order valence-electron chi connectivity index (χ0n) is 20.8. The van der Waals surface area contributed by atoms with Crippen LogP contribution in [0, 0.1) is 6.92 Å². The van der Waals surface area contributed by atoms with Crippen LogP contribution in [0.2, 0.25) is 0 Å². The zero-order valence-corrected chi connectivity index (χ0v) is 22.4. The maximum absolute atomic E-state index is 12.6. The van der Waals surface area contributed by atoms with Gasteiger partial charge in [0.1, 0.15) is 17.2 Å². The van der Waals surface area contributed by atoms with Crippen molar-refractivity contribution in [3.8, 4) is 11.5 Å². The number of rotatable bonds is 8. The summed E-state index contributed by atoms with van der Waals surface area (Å²) >= 11 is 3.54. The van der Waals surface area contributed by atoms with Crippen LogP contribution >= 0.6 is 15.9 Å². The number of ether oxygens (including phenoxy) is 2. The Morgan fingerprint density at radius 3 is 2.73 bits per heavy atom. The first-order valence-corrected chi connectivity index (χ1v) is 13.0. The number of aromatic nitrogens is 3. The van der Waals surface area contributed by atoms with Gasteiger partial charge in [0.05, 0.1) is 24.2 Å². The number of hydrogen-bond acceptors (Lipinski definition) is 7. The second kappa shape index (κ2) is 11.3. The van der Waals surface area contributed by atoms with Crippen molar-refractivity contribution in [2.75, 3.05) is 44.7 Å². The molecule has 0 radical (unpaired) electrons. The molecule has 37 heavy (non-hydrogen) atoms. The van der Waals surface area contributed by atoms with Gasteiger partial charge in [0.2, 0.25) is 5.95 Å². The molecule has 192 valence electrons. The van der Waals surface area contributed by atoms with Crippen LogP contribution in [-0.2, 0) is 11.8 Å². The van der Waals surface area contributed by atoms with Crippen molar-refractivity contribution in [2.45, 2.75) is 6.92 Å². The number of pyridine rings is 1. The van der Waals surface area contributed by atoms with Crippen LogP contribution in [0.3, 0.4) is 0 Å². The first-order chi connectivity index (χ1) is 18.0. The van der Waals surface area contributed by atoms with Gasteiger partial charge in [-0.15, -0.1) is 0 Å². The second-order valence-corrected chi connectivity index (χ2v) is 9.78. The normalized spacial score (nSPS) is 14.0. The lowest BCUT2D eigenvalue weighted by molar-refractivity contribution is 0.0383. The third-order valence-corrected chi connectivity index (χ3v) is 7.17. The molecule has 2 aromatic carbocycles. The number of aryl methyl sites for hydroxylation is 2. The number of morpholine rings is 1. The van der Waals surface area contributed by atoms with Gasteiger partial charge in [0, 0.05) is 61.7 Å². The van der Waals surface area contributed by atoms with E-state index >= 15 is 0 Å². The Labute approximate surface area is 223 Å². The minimum atomic E-state index is -0.224. The summed E-state index contributed by atoms with van der Waals surface area (Å²) < 4.78 is 14.5. The Bertz CT molecular complexity index is 1420. The molecule has 2 aromatic heterocycles. The monoisotopic (exact) mass is 564 g/mol. The molecule has 10 heteroatoms. The van der Waals surface area contributed by atoms with Crippen molar-refractivity contribution >= 4 is 44.5 Å². The molecule has 5 rings (SSSR count). The van der Waals surface area contributed by atoms with Crippen molar-refractivity contribution in [1.29, 1.82) is 0 Å². The molecule has 2 N–H and O–H groups in total. The van der Waals surface area contributed by atoms with E-state index < -0.39 is 0 Å². The van der Waals surface area contributed by atoms with E-state index in [1.165, 1.54) is 0 Å². The zero-order chi connectivity index (χ0) is 25.8. The molecule has 1 aliphatic heterocycles. The molecule has 1 amide bonds. The van der Waals surface area contributed by atoms with Crippen LogP contribution in [0.4, 0.5) is 11.6 Å². The molecule has 9 nitrogen and oxygen atoms in total. The summed E-state index contributed by atoms with van der Waals surface area (Å²) in [4.78, 5) is 23.8. The van der Waals surface area contributed by atoms with E-state index in [1.807, 2.05) is 48.9 Å². The number of carbonyl (C=O) groups is 1. The highest BCUT2D eigenvalue weighted by Crippen LogP contribution is 2.29. The third-order valence-electron chi connectivity index (χ3n) is 6.28. The highest BCUT2D eigenvalue weighted by atomic mass is 79.9. The number of carbonyl (C=O) groups excluding carboxylic acids is 1. The van der Waals surface area contributed by atoms with Gasteiger partial charge in [-0.2, -0.15) is 0 Å². The molecular weight excluding hydrogens is 536 g/mol. The van der Waals surface area contributed by atoms with E-state index in [0.29, 0.717) is 23.7 Å². The Balaban J connectivity index is 1.24. The molecule has 0 unspecified atom stereocenters. The summed E-state index contributed by atoms with van der Waals surface area (Å²) in [5.74, 6) is 1.67. The Morgan fingerprint density at radius 2 is 1.92 bits per heavy atom. The van der Waals surface area contributed by atoms with Gasteiger partial charge < -0.3 is 24.7 Å². The molecule has 0 aliphatic carbocycles. The number of fused-ring (bicyclic) bond motifs is 1. The smallest absolute Gasteiger partial charge is 0.270 e. The van der Waals surface area contributed by atoms with Gasteiger partial charge >= 0.3 is 0 Å². The van der Waals surface area contributed by atoms with Gasteiger partial charge in [-0.3, -0.25) is 14.7 Å². The largest absolute Gasteiger partial charge is 0.457 e. The van der Waals surface area contributed by atoms with Crippen LogP contribution in [0.25, 0.3) is 11.0 Å². The van der Waals surface area contributed by atoms with Gasteiger partial charge in [0.15, 0.2) is 0 Å². The Morgan fingerprint density at radius 1 is 1.11 bits per heavy atom. The fraction of sp³-hybridized carbons (Fsp3) is 0.296. The molecule has 1 aliphatic rings. The fourth-order valence-corrected chi connectivity index (χ4v) is 4.43. The Kier molecular flexibility index (Phi) is 7.68. The minimum absolute atomic E-state index is 0.224. The summed E-state index contributed by atoms with van der Waals surface area (Å²) in [6.07, 6.45) is 1.58. The maximum atomic E-state index is 12.6. The van der Waals surface area contributed by atoms with Crippen LogP contribution in [-0.4, -0.2) is 64.7 Å². The maximum Gasteiger partial charge on any atom is 0.270 e. The van der Waals surface area contributed by atoms with Gasteiger partial charge in [-0.25, -0.2) is 4.98 Å². The highest BCUT2D eigenvalue weighted by molar-refractivity contribution is 9.10. The van der Waals surface area contributed by atoms with Crippen molar-refractivity contribution in [3.63, 3.8) is 0 Å². The average molecular weight is 565 g/mol. The SMILES string of the molecule is Cc1cc(Nc2nc3cc(Oc4ccnc(C(=O)NCCN5CCOCC5)c4)ccc3n2C)ccc1Br. The predicted molar refractivity (Wildman–Crippen MR) is 147 cm³/mol. The second-order valence-electron chi connectivity index (χ2n) is 8.92. The van der Waals surface area contributed by atoms with Crippen molar-refractivity contribution < 1.29 is 14.3 Å². The average Bonchev–Trinajstić information content (AvgIpc) is 3.21. The van der Waals surface area contributed by atoms with E-state index in [4.69, 9.17) is 14.5 Å². The molecule has 1 fully saturated rings. The van der Waals surface area contributed by atoms with Crippen LogP contribution in [0.1, 0.15) is 16.1 Å². The first-order valence-electron chi connectivity index (χ1n) is 12.2. The number of amides is 1. The molecule has 4 aromatic rings. The summed E-state index contributed by atoms with van der Waals surface area (Å²) in [7, 11) is 1.97. The quantitative estimate of drug-likeness (QED) is 0.322. The first kappa shape index (κ1) is 25.2. The molecule has 1 saturated heterocycles. The number of anilines is 2. The number of halogens is 1. The standard InChI is InChI=1S/C27H29BrN6O3/c1-18-15-19(3-5-22(18)28)31-27-32-23-16-20(4-6-25(23)33(27)2)37-21-7-8-29-24(17-21)26(35)30-9-10-34-11-13-36-14-12-34/h3-8,15-17H,9-14H2,1-2H3,(H,30,35)(H,31,32). The molecule has 0 saturated carbocycles. The van der Waals surface area contributed by atoms with Crippen LogP contribution in [0.15, 0.2) is 59.2 Å². The molecule has 0 bridgehead atoms. The molecular formula is C27H29BrN6O3. The lowest BCUT2D eigenvalue weighted by atomic mass is 10.2. The van der Waals surface area contributed by atoms with E-state index in [-0.39, 0.29) is 5.91 Å². The number of nitrogens with zero attached hydrogens (tertiary/aromatic N) is 4. The van der Waals surface area contributed by atoms with E-state index in [1.54, 1.807) is 18.3 Å². The summed E-state index contributed by atoms with van der Waals surface area (Å²) in [5, 5.41) is 6.32. The highest BCUT2D eigenvalue weighted by Gasteiger charge is 2.14. The fourth-order valence-electron chi connectivity index (χ4n) is 4.18. The lowest BCUT2D eigenvalue weighted by Gasteiger charge is -2.26. The Hall–Kier alpha value is -3.47.